The first-order valence-corrected chi connectivity index (χ1v) is 11.6. The van der Waals surface area contributed by atoms with Crippen LogP contribution in [0.25, 0.3) is 0 Å². The second kappa shape index (κ2) is 10.7. The van der Waals surface area contributed by atoms with Crippen molar-refractivity contribution in [3.05, 3.63) is 71.3 Å². The van der Waals surface area contributed by atoms with Crippen LogP contribution < -0.4 is 10.1 Å². The molecule has 0 bridgehead atoms. The Morgan fingerprint density at radius 1 is 1.06 bits per heavy atom. The summed E-state index contributed by atoms with van der Waals surface area (Å²) in [7, 11) is 1.45. The molecule has 0 spiro atoms. The number of imide groups is 1. The van der Waals surface area contributed by atoms with Gasteiger partial charge in [0.1, 0.15) is 11.8 Å². The van der Waals surface area contributed by atoms with Crippen LogP contribution in [0.2, 0.25) is 5.02 Å². The van der Waals surface area contributed by atoms with Crippen LogP contribution in [0.5, 0.6) is 5.75 Å². The number of nitrogens with one attached hydrogen (secondary N) is 1. The minimum Gasteiger partial charge on any atom is -0.495 e. The molecular weight excluding hydrogens is 472 g/mol. The third-order valence-electron chi connectivity index (χ3n) is 6.18. The van der Waals surface area contributed by atoms with E-state index in [4.69, 9.17) is 21.1 Å². The molecule has 1 heterocycles. The first kappa shape index (κ1) is 24.5. The molecule has 1 aliphatic heterocycles. The molecule has 2 aromatic carbocycles. The van der Waals surface area contributed by atoms with Gasteiger partial charge in [-0.1, -0.05) is 54.1 Å². The predicted octanol–water partition coefficient (Wildman–Crippen LogP) is 3.39. The number of amides is 3. The lowest BCUT2D eigenvalue weighted by atomic mass is 9.85. The molecule has 3 atom stereocenters. The number of benzene rings is 2. The van der Waals surface area contributed by atoms with Gasteiger partial charge < -0.3 is 14.8 Å². The van der Waals surface area contributed by atoms with Crippen LogP contribution in [0.3, 0.4) is 0 Å². The standard InChI is InChI=1S/C26H25ClN2O6/c1-34-22-12-11-17(27)14-20(22)28-23(30)15-35-26(33)21(13-16-7-3-2-4-8-16)29-24(31)18-9-5-6-10-19(18)25(29)32/h2-8,11-12,14,18-19,21H,9-10,13,15H2,1H3,(H,28,30)/t18-,19-,21+/m1/s1. The van der Waals surface area contributed by atoms with Gasteiger partial charge in [0, 0.05) is 11.4 Å². The van der Waals surface area contributed by atoms with Gasteiger partial charge in [-0.3, -0.25) is 19.3 Å². The fourth-order valence-electron chi connectivity index (χ4n) is 4.45. The molecule has 9 heteroatoms. The molecule has 3 amide bonds. The second-order valence-corrected chi connectivity index (χ2v) is 8.84. The number of hydrogen-bond acceptors (Lipinski definition) is 6. The molecule has 0 radical (unpaired) electrons. The van der Waals surface area contributed by atoms with Gasteiger partial charge in [0.15, 0.2) is 6.61 Å². The number of hydrogen-bond donors (Lipinski definition) is 1. The van der Waals surface area contributed by atoms with E-state index in [1.807, 2.05) is 18.2 Å². The number of halogens is 1. The zero-order valence-corrected chi connectivity index (χ0v) is 19.9. The number of allylic oxidation sites excluding steroid dienone is 2. The lowest BCUT2D eigenvalue weighted by Crippen LogP contribution is -2.48. The highest BCUT2D eigenvalue weighted by molar-refractivity contribution is 6.31. The molecule has 8 nitrogen and oxygen atoms in total. The fourth-order valence-corrected chi connectivity index (χ4v) is 4.62. The average molecular weight is 497 g/mol. The molecule has 4 rings (SSSR count). The quantitative estimate of drug-likeness (QED) is 0.341. The lowest BCUT2D eigenvalue weighted by molar-refractivity contribution is -0.160. The number of fused-ring (bicyclic) bond motifs is 1. The Bertz CT molecular complexity index is 1140. The molecule has 2 aromatic rings. The summed E-state index contributed by atoms with van der Waals surface area (Å²) in [5, 5.41) is 2.98. The van der Waals surface area contributed by atoms with Crippen molar-refractivity contribution in [3.8, 4) is 5.75 Å². The van der Waals surface area contributed by atoms with Gasteiger partial charge in [0.25, 0.3) is 5.91 Å². The highest BCUT2D eigenvalue weighted by Gasteiger charge is 2.51. The van der Waals surface area contributed by atoms with Gasteiger partial charge >= 0.3 is 5.97 Å². The van der Waals surface area contributed by atoms with E-state index in [9.17, 15) is 19.2 Å². The number of carbonyl (C=O) groups is 4. The van der Waals surface area contributed by atoms with E-state index >= 15 is 0 Å². The average Bonchev–Trinajstić information content (AvgIpc) is 3.12. The number of esters is 1. The minimum absolute atomic E-state index is 0.0910. The molecule has 1 aliphatic carbocycles. The number of methoxy groups -OCH3 is 1. The number of ether oxygens (including phenoxy) is 2. The van der Waals surface area contributed by atoms with Gasteiger partial charge in [-0.25, -0.2) is 4.79 Å². The van der Waals surface area contributed by atoms with Gasteiger partial charge in [-0.05, 0) is 36.6 Å². The summed E-state index contributed by atoms with van der Waals surface area (Å²) in [5.41, 5.74) is 1.08. The SMILES string of the molecule is COc1ccc(Cl)cc1NC(=O)COC(=O)[C@H](Cc1ccccc1)N1C(=O)[C@@H]2CC=CC[C@H]2C1=O. The third-order valence-corrected chi connectivity index (χ3v) is 6.41. The van der Waals surface area contributed by atoms with Crippen molar-refractivity contribution in [1.82, 2.24) is 4.90 Å². The zero-order chi connectivity index (χ0) is 24.9. The molecule has 0 unspecified atom stereocenters. The van der Waals surface area contributed by atoms with E-state index in [-0.39, 0.29) is 18.2 Å². The fraction of sp³-hybridized carbons (Fsp3) is 0.308. The number of nitrogens with zero attached hydrogens (tertiary/aromatic N) is 1. The summed E-state index contributed by atoms with van der Waals surface area (Å²) in [5.74, 6) is -2.76. The monoisotopic (exact) mass is 496 g/mol. The Kier molecular flexibility index (Phi) is 7.51. The van der Waals surface area contributed by atoms with Crippen molar-refractivity contribution in [2.24, 2.45) is 11.8 Å². The first-order chi connectivity index (χ1) is 16.9. The molecule has 1 saturated heterocycles. The zero-order valence-electron chi connectivity index (χ0n) is 19.1. The smallest absolute Gasteiger partial charge is 0.330 e. The summed E-state index contributed by atoms with van der Waals surface area (Å²) in [4.78, 5) is 52.9. The summed E-state index contributed by atoms with van der Waals surface area (Å²) in [6, 6.07) is 12.6. The summed E-state index contributed by atoms with van der Waals surface area (Å²) in [6.45, 7) is -0.607. The summed E-state index contributed by atoms with van der Waals surface area (Å²) < 4.78 is 10.5. The van der Waals surface area contributed by atoms with Crippen LogP contribution in [-0.4, -0.2) is 48.3 Å². The molecule has 0 saturated carbocycles. The summed E-state index contributed by atoms with van der Waals surface area (Å²) in [6.07, 6.45) is 4.78. The molecular formula is C26H25ClN2O6. The maximum absolute atomic E-state index is 13.2. The normalized spacial score (nSPS) is 19.8. The van der Waals surface area contributed by atoms with E-state index < -0.39 is 36.4 Å². The Hall–Kier alpha value is -3.65. The van der Waals surface area contributed by atoms with Crippen LogP contribution in [-0.2, 0) is 30.3 Å². The Balaban J connectivity index is 1.49. The van der Waals surface area contributed by atoms with E-state index in [0.29, 0.717) is 29.3 Å². The van der Waals surface area contributed by atoms with Crippen molar-refractivity contribution < 1.29 is 28.7 Å². The van der Waals surface area contributed by atoms with Gasteiger partial charge in [0.2, 0.25) is 11.8 Å². The van der Waals surface area contributed by atoms with E-state index in [0.717, 1.165) is 10.5 Å². The largest absolute Gasteiger partial charge is 0.495 e. The second-order valence-electron chi connectivity index (χ2n) is 8.41. The molecule has 0 aromatic heterocycles. The van der Waals surface area contributed by atoms with Gasteiger partial charge in [0.05, 0.1) is 24.6 Å². The van der Waals surface area contributed by atoms with E-state index in [1.54, 1.807) is 36.4 Å². The van der Waals surface area contributed by atoms with Crippen molar-refractivity contribution in [2.75, 3.05) is 19.0 Å². The van der Waals surface area contributed by atoms with Crippen molar-refractivity contribution >= 4 is 41.0 Å². The Labute approximate surface area is 207 Å². The van der Waals surface area contributed by atoms with Crippen molar-refractivity contribution in [1.29, 1.82) is 0 Å². The van der Waals surface area contributed by atoms with Crippen LogP contribution in [0, 0.1) is 11.8 Å². The van der Waals surface area contributed by atoms with Crippen LogP contribution in [0.4, 0.5) is 5.69 Å². The van der Waals surface area contributed by atoms with Gasteiger partial charge in [-0.2, -0.15) is 0 Å². The van der Waals surface area contributed by atoms with Crippen molar-refractivity contribution in [2.45, 2.75) is 25.3 Å². The summed E-state index contributed by atoms with van der Waals surface area (Å²) >= 11 is 5.99. The van der Waals surface area contributed by atoms with E-state index in [2.05, 4.69) is 5.32 Å². The number of rotatable bonds is 8. The van der Waals surface area contributed by atoms with Crippen LogP contribution in [0.15, 0.2) is 60.7 Å². The number of likely N-dealkylation sites (tertiary alicyclic amines) is 1. The highest BCUT2D eigenvalue weighted by Crippen LogP contribution is 2.37. The maximum atomic E-state index is 13.2. The highest BCUT2D eigenvalue weighted by atomic mass is 35.5. The van der Waals surface area contributed by atoms with Crippen molar-refractivity contribution in [3.63, 3.8) is 0 Å². The molecule has 1 N–H and O–H groups in total. The van der Waals surface area contributed by atoms with Gasteiger partial charge in [-0.15, -0.1) is 0 Å². The molecule has 35 heavy (non-hydrogen) atoms. The maximum Gasteiger partial charge on any atom is 0.330 e. The minimum atomic E-state index is -1.17. The molecule has 182 valence electrons. The Morgan fingerprint density at radius 3 is 2.34 bits per heavy atom. The van der Waals surface area contributed by atoms with Crippen LogP contribution >= 0.6 is 11.6 Å². The Morgan fingerprint density at radius 2 is 1.71 bits per heavy atom. The predicted molar refractivity (Wildman–Crippen MR) is 129 cm³/mol. The number of carbonyl (C=O) groups excluding carboxylic acids is 4. The number of anilines is 1. The third kappa shape index (κ3) is 5.38. The van der Waals surface area contributed by atoms with Crippen LogP contribution in [0.1, 0.15) is 18.4 Å². The molecule has 2 aliphatic rings. The molecule has 1 fully saturated rings. The first-order valence-electron chi connectivity index (χ1n) is 11.2. The van der Waals surface area contributed by atoms with E-state index in [1.165, 1.54) is 13.2 Å². The lowest BCUT2D eigenvalue weighted by Gasteiger charge is -2.25. The topological polar surface area (TPSA) is 102 Å².